The molecule has 3 N–H and O–H groups in total. The van der Waals surface area contributed by atoms with Crippen LogP contribution < -0.4 is 11.1 Å². The number of carbonyl (C=O) groups excluding carboxylic acids is 1. The van der Waals surface area contributed by atoms with E-state index >= 15 is 0 Å². The molecule has 1 atom stereocenters. The van der Waals surface area contributed by atoms with Crippen molar-refractivity contribution in [1.29, 1.82) is 5.26 Å². The number of nitrogens with one attached hydrogen (secondary N) is 1. The van der Waals surface area contributed by atoms with Gasteiger partial charge < -0.3 is 11.1 Å². The van der Waals surface area contributed by atoms with Gasteiger partial charge in [0.05, 0.1) is 22.2 Å². The summed E-state index contributed by atoms with van der Waals surface area (Å²) in [4.78, 5) is 16.0. The number of aromatic nitrogens is 1. The molecular formula is C12H12N4OS. The number of nitriles is 1. The number of anilines is 1. The Morgan fingerprint density at radius 3 is 3.17 bits per heavy atom. The summed E-state index contributed by atoms with van der Waals surface area (Å²) >= 11 is 1.35. The van der Waals surface area contributed by atoms with Crippen molar-refractivity contribution < 1.29 is 4.79 Å². The molecule has 0 aliphatic heterocycles. The predicted octanol–water partition coefficient (Wildman–Crippen LogP) is 1.77. The highest BCUT2D eigenvalue weighted by atomic mass is 32.1. The van der Waals surface area contributed by atoms with Crippen molar-refractivity contribution in [3.05, 3.63) is 23.8 Å². The summed E-state index contributed by atoms with van der Waals surface area (Å²) in [5, 5.41) is 11.8. The van der Waals surface area contributed by atoms with Gasteiger partial charge in [0.25, 0.3) is 5.91 Å². The van der Waals surface area contributed by atoms with Gasteiger partial charge in [0, 0.05) is 12.1 Å². The molecule has 6 heteroatoms. The molecule has 0 aliphatic carbocycles. The van der Waals surface area contributed by atoms with Gasteiger partial charge in [-0.05, 0) is 25.1 Å². The summed E-state index contributed by atoms with van der Waals surface area (Å²) in [6.07, 6.45) is 0. The van der Waals surface area contributed by atoms with Crippen LogP contribution in [-0.4, -0.2) is 17.4 Å². The molecule has 18 heavy (non-hydrogen) atoms. The molecule has 1 heterocycles. The van der Waals surface area contributed by atoms with E-state index in [1.54, 1.807) is 25.1 Å². The van der Waals surface area contributed by atoms with E-state index in [2.05, 4.69) is 16.4 Å². The van der Waals surface area contributed by atoms with E-state index in [1.165, 1.54) is 11.3 Å². The largest absolute Gasteiger partial charge is 0.375 e. The molecule has 2 rings (SSSR count). The first-order valence-corrected chi connectivity index (χ1v) is 6.25. The van der Waals surface area contributed by atoms with Gasteiger partial charge in [-0.2, -0.15) is 5.26 Å². The number of hydrogen-bond donors (Lipinski definition) is 2. The fraction of sp³-hybridized carbons (Fsp3) is 0.250. The minimum atomic E-state index is -0.197. The van der Waals surface area contributed by atoms with Crippen molar-refractivity contribution >= 4 is 32.6 Å². The zero-order valence-corrected chi connectivity index (χ0v) is 10.6. The number of nitrogens with zero attached hydrogens (tertiary/aromatic N) is 2. The number of benzene rings is 1. The maximum absolute atomic E-state index is 11.8. The summed E-state index contributed by atoms with van der Waals surface area (Å²) in [5.74, 6) is -0.386. The van der Waals surface area contributed by atoms with Crippen LogP contribution in [0.25, 0.3) is 10.2 Å². The number of thiazole rings is 1. The monoisotopic (exact) mass is 260 g/mol. The van der Waals surface area contributed by atoms with Crippen LogP contribution in [0.4, 0.5) is 5.13 Å². The normalized spacial score (nSPS) is 12.0. The Balaban J connectivity index is 2.15. The van der Waals surface area contributed by atoms with E-state index in [0.29, 0.717) is 17.2 Å². The van der Waals surface area contributed by atoms with E-state index in [4.69, 9.17) is 11.0 Å². The van der Waals surface area contributed by atoms with E-state index in [0.717, 1.165) is 10.2 Å². The molecule has 0 saturated heterocycles. The van der Waals surface area contributed by atoms with Crippen LogP contribution in [0.1, 0.15) is 17.3 Å². The summed E-state index contributed by atoms with van der Waals surface area (Å²) < 4.78 is 0.883. The third kappa shape index (κ3) is 2.57. The van der Waals surface area contributed by atoms with Gasteiger partial charge >= 0.3 is 0 Å². The first-order valence-electron chi connectivity index (χ1n) is 5.44. The maximum atomic E-state index is 11.8. The molecule has 0 fully saturated rings. The standard InChI is InChI=1S/C12H12N4OS/c1-7(5-13)6-15-11(17)8-2-3-9-10(4-8)18-12(14)16-9/h2-4,7H,6H2,1H3,(H2,14,16)(H,15,17). The van der Waals surface area contributed by atoms with Gasteiger partial charge in [-0.25, -0.2) is 4.98 Å². The molecule has 1 unspecified atom stereocenters. The molecule has 1 aromatic heterocycles. The second-order valence-corrected chi connectivity index (χ2v) is 5.04. The van der Waals surface area contributed by atoms with Crippen LogP contribution in [0, 0.1) is 17.2 Å². The highest BCUT2D eigenvalue weighted by Crippen LogP contribution is 2.24. The average Bonchev–Trinajstić information content (AvgIpc) is 2.74. The molecule has 2 aromatic rings. The number of hydrogen-bond acceptors (Lipinski definition) is 5. The Morgan fingerprint density at radius 2 is 2.44 bits per heavy atom. The van der Waals surface area contributed by atoms with Crippen LogP contribution in [0.5, 0.6) is 0 Å². The Kier molecular flexibility index (Phi) is 3.44. The van der Waals surface area contributed by atoms with Crippen molar-refractivity contribution in [3.63, 3.8) is 0 Å². The van der Waals surface area contributed by atoms with Crippen molar-refractivity contribution in [2.24, 2.45) is 5.92 Å². The number of nitrogens with two attached hydrogens (primary N) is 1. The SMILES string of the molecule is CC(C#N)CNC(=O)c1ccc2nc(N)sc2c1. The third-order valence-corrected chi connectivity index (χ3v) is 3.30. The number of amides is 1. The lowest BCUT2D eigenvalue weighted by molar-refractivity contribution is 0.0951. The lowest BCUT2D eigenvalue weighted by atomic mass is 10.1. The van der Waals surface area contributed by atoms with E-state index < -0.39 is 0 Å². The zero-order valence-electron chi connectivity index (χ0n) is 9.80. The van der Waals surface area contributed by atoms with Gasteiger partial charge in [-0.1, -0.05) is 11.3 Å². The molecular weight excluding hydrogens is 248 g/mol. The minimum Gasteiger partial charge on any atom is -0.375 e. The Bertz CT molecular complexity index is 629. The fourth-order valence-corrected chi connectivity index (χ4v) is 2.25. The second kappa shape index (κ2) is 5.02. The Hall–Kier alpha value is -2.13. The van der Waals surface area contributed by atoms with Gasteiger partial charge in [-0.15, -0.1) is 0 Å². The molecule has 0 bridgehead atoms. The topological polar surface area (TPSA) is 91.8 Å². The van der Waals surface area contributed by atoms with E-state index in [9.17, 15) is 4.79 Å². The molecule has 1 amide bonds. The van der Waals surface area contributed by atoms with Gasteiger partial charge in [0.1, 0.15) is 0 Å². The summed E-state index contributed by atoms with van der Waals surface area (Å²) in [7, 11) is 0. The van der Waals surface area contributed by atoms with Crippen LogP contribution in [0.15, 0.2) is 18.2 Å². The minimum absolute atomic E-state index is 0.189. The molecule has 5 nitrogen and oxygen atoms in total. The molecule has 0 spiro atoms. The molecule has 0 saturated carbocycles. The number of rotatable bonds is 3. The van der Waals surface area contributed by atoms with Crippen molar-refractivity contribution in [2.75, 3.05) is 12.3 Å². The highest BCUT2D eigenvalue weighted by molar-refractivity contribution is 7.22. The fourth-order valence-electron chi connectivity index (χ4n) is 1.48. The van der Waals surface area contributed by atoms with Crippen LogP contribution >= 0.6 is 11.3 Å². The summed E-state index contributed by atoms with van der Waals surface area (Å²) in [5.41, 5.74) is 6.95. The first kappa shape index (κ1) is 12.3. The summed E-state index contributed by atoms with van der Waals surface area (Å²) in [6.45, 7) is 2.10. The lowest BCUT2D eigenvalue weighted by Gasteiger charge is -2.05. The molecule has 0 aliphatic rings. The van der Waals surface area contributed by atoms with Gasteiger partial charge in [-0.3, -0.25) is 4.79 Å². The van der Waals surface area contributed by atoms with Crippen LogP contribution in [0.3, 0.4) is 0 Å². The van der Waals surface area contributed by atoms with Crippen molar-refractivity contribution in [3.8, 4) is 6.07 Å². The third-order valence-electron chi connectivity index (χ3n) is 2.46. The molecule has 1 aromatic carbocycles. The lowest BCUT2D eigenvalue weighted by Crippen LogP contribution is -2.27. The predicted molar refractivity (Wildman–Crippen MR) is 71.1 cm³/mol. The average molecular weight is 260 g/mol. The number of fused-ring (bicyclic) bond motifs is 1. The van der Waals surface area contributed by atoms with Crippen molar-refractivity contribution in [2.45, 2.75) is 6.92 Å². The van der Waals surface area contributed by atoms with Gasteiger partial charge in [0.2, 0.25) is 0 Å². The van der Waals surface area contributed by atoms with Crippen molar-refractivity contribution in [1.82, 2.24) is 10.3 Å². The van der Waals surface area contributed by atoms with Crippen LogP contribution in [0.2, 0.25) is 0 Å². The van der Waals surface area contributed by atoms with E-state index in [-0.39, 0.29) is 11.8 Å². The Morgan fingerprint density at radius 1 is 1.67 bits per heavy atom. The number of nitrogen functional groups attached to an aromatic ring is 1. The zero-order chi connectivity index (χ0) is 13.1. The number of carbonyl (C=O) groups is 1. The Labute approximate surface area is 108 Å². The summed E-state index contributed by atoms with van der Waals surface area (Å²) in [6, 6.07) is 7.30. The highest BCUT2D eigenvalue weighted by Gasteiger charge is 2.09. The second-order valence-electron chi connectivity index (χ2n) is 3.97. The van der Waals surface area contributed by atoms with E-state index in [1.807, 2.05) is 0 Å². The van der Waals surface area contributed by atoms with Gasteiger partial charge in [0.15, 0.2) is 5.13 Å². The molecule has 0 radical (unpaired) electrons. The maximum Gasteiger partial charge on any atom is 0.251 e. The first-order chi connectivity index (χ1) is 8.60. The smallest absolute Gasteiger partial charge is 0.251 e. The van der Waals surface area contributed by atoms with Crippen LogP contribution in [-0.2, 0) is 0 Å². The molecule has 92 valence electrons. The quantitative estimate of drug-likeness (QED) is 0.879.